The summed E-state index contributed by atoms with van der Waals surface area (Å²) in [6.07, 6.45) is -0.579. The van der Waals surface area contributed by atoms with Gasteiger partial charge in [-0.25, -0.2) is 4.99 Å². The summed E-state index contributed by atoms with van der Waals surface area (Å²) in [7, 11) is 0. The number of aliphatic hydroxyl groups excluding tert-OH is 1. The zero-order valence-corrected chi connectivity index (χ0v) is 14.8. The Morgan fingerprint density at radius 2 is 1.75 bits per heavy atom. The molecule has 0 spiro atoms. The van der Waals surface area contributed by atoms with Gasteiger partial charge in [-0.2, -0.15) is 0 Å². The van der Waals surface area contributed by atoms with Gasteiger partial charge in [0.05, 0.1) is 12.6 Å². The van der Waals surface area contributed by atoms with E-state index in [-0.39, 0.29) is 0 Å². The van der Waals surface area contributed by atoms with Crippen molar-refractivity contribution in [1.29, 1.82) is 0 Å². The van der Waals surface area contributed by atoms with Crippen LogP contribution in [0.15, 0.2) is 53.5 Å². The van der Waals surface area contributed by atoms with Crippen molar-refractivity contribution in [2.24, 2.45) is 4.99 Å². The highest BCUT2D eigenvalue weighted by Crippen LogP contribution is 2.13. The van der Waals surface area contributed by atoms with Gasteiger partial charge < -0.3 is 15.7 Å². The van der Waals surface area contributed by atoms with E-state index in [9.17, 15) is 5.11 Å². The lowest BCUT2D eigenvalue weighted by Crippen LogP contribution is -2.39. The Balaban J connectivity index is 1.93. The van der Waals surface area contributed by atoms with Crippen molar-refractivity contribution in [3.63, 3.8) is 0 Å². The molecular formula is C19H24ClN3O. The van der Waals surface area contributed by atoms with Crippen LogP contribution in [0.2, 0.25) is 5.02 Å². The Hall–Kier alpha value is -2.04. The maximum atomic E-state index is 10.3. The first-order valence-electron chi connectivity index (χ1n) is 8.09. The van der Waals surface area contributed by atoms with Gasteiger partial charge in [0.15, 0.2) is 5.96 Å². The topological polar surface area (TPSA) is 56.7 Å². The van der Waals surface area contributed by atoms with Crippen LogP contribution in [0.3, 0.4) is 0 Å². The second-order valence-electron chi connectivity index (χ2n) is 5.63. The van der Waals surface area contributed by atoms with Gasteiger partial charge in [0, 0.05) is 18.1 Å². The SMILES string of the molecule is CCNC(=NCc1ccc(Cl)cc1)NCC(O)c1ccc(C)cc1. The van der Waals surface area contributed by atoms with Crippen molar-refractivity contribution < 1.29 is 5.11 Å². The molecule has 0 bridgehead atoms. The number of rotatable bonds is 6. The fourth-order valence-corrected chi connectivity index (χ4v) is 2.33. The molecule has 0 saturated carbocycles. The molecule has 0 aliphatic carbocycles. The van der Waals surface area contributed by atoms with Gasteiger partial charge in [-0.05, 0) is 37.1 Å². The van der Waals surface area contributed by atoms with Crippen LogP contribution >= 0.6 is 11.6 Å². The molecule has 2 aromatic carbocycles. The zero-order valence-electron chi connectivity index (χ0n) is 14.1. The number of halogens is 1. The Morgan fingerprint density at radius 3 is 2.38 bits per heavy atom. The van der Waals surface area contributed by atoms with Crippen LogP contribution in [0.1, 0.15) is 29.7 Å². The van der Waals surface area contributed by atoms with Crippen LogP contribution in [0.25, 0.3) is 0 Å². The molecule has 24 heavy (non-hydrogen) atoms. The third-order valence-corrected chi connectivity index (χ3v) is 3.85. The normalized spacial score (nSPS) is 12.8. The smallest absolute Gasteiger partial charge is 0.191 e. The molecule has 0 radical (unpaired) electrons. The van der Waals surface area contributed by atoms with Crippen LogP contribution in [-0.4, -0.2) is 24.2 Å². The molecule has 1 atom stereocenters. The van der Waals surface area contributed by atoms with E-state index in [0.717, 1.165) is 17.7 Å². The molecular weight excluding hydrogens is 322 g/mol. The lowest BCUT2D eigenvalue weighted by atomic mass is 10.1. The number of nitrogens with one attached hydrogen (secondary N) is 2. The first kappa shape index (κ1) is 18.3. The summed E-state index contributed by atoms with van der Waals surface area (Å²) in [4.78, 5) is 4.53. The summed E-state index contributed by atoms with van der Waals surface area (Å²) in [6.45, 7) is 5.74. The molecule has 0 fully saturated rings. The van der Waals surface area contributed by atoms with Gasteiger partial charge in [-0.15, -0.1) is 0 Å². The molecule has 0 aromatic heterocycles. The molecule has 0 heterocycles. The summed E-state index contributed by atoms with van der Waals surface area (Å²) in [5.74, 6) is 0.679. The Morgan fingerprint density at radius 1 is 1.08 bits per heavy atom. The summed E-state index contributed by atoms with van der Waals surface area (Å²) in [5.41, 5.74) is 3.15. The van der Waals surface area contributed by atoms with Crippen molar-refractivity contribution in [3.8, 4) is 0 Å². The predicted molar refractivity (Wildman–Crippen MR) is 100 cm³/mol. The number of nitrogens with zero attached hydrogens (tertiary/aromatic N) is 1. The highest BCUT2D eigenvalue weighted by molar-refractivity contribution is 6.30. The molecule has 5 heteroatoms. The van der Waals surface area contributed by atoms with Gasteiger partial charge >= 0.3 is 0 Å². The highest BCUT2D eigenvalue weighted by Gasteiger charge is 2.08. The van der Waals surface area contributed by atoms with E-state index in [1.165, 1.54) is 5.56 Å². The lowest BCUT2D eigenvalue weighted by molar-refractivity contribution is 0.181. The summed E-state index contributed by atoms with van der Waals surface area (Å²) < 4.78 is 0. The second kappa shape index (κ2) is 9.30. The van der Waals surface area contributed by atoms with Crippen molar-refractivity contribution in [2.75, 3.05) is 13.1 Å². The van der Waals surface area contributed by atoms with Crippen molar-refractivity contribution in [1.82, 2.24) is 10.6 Å². The summed E-state index contributed by atoms with van der Waals surface area (Å²) in [6, 6.07) is 15.5. The van der Waals surface area contributed by atoms with Crippen LogP contribution < -0.4 is 10.6 Å². The minimum atomic E-state index is -0.579. The van der Waals surface area contributed by atoms with E-state index >= 15 is 0 Å². The van der Waals surface area contributed by atoms with Crippen LogP contribution in [0.4, 0.5) is 0 Å². The second-order valence-corrected chi connectivity index (χ2v) is 6.07. The third-order valence-electron chi connectivity index (χ3n) is 3.60. The monoisotopic (exact) mass is 345 g/mol. The maximum absolute atomic E-state index is 10.3. The minimum absolute atomic E-state index is 0.398. The number of aliphatic hydroxyl groups is 1. The van der Waals surface area contributed by atoms with Crippen LogP contribution in [0, 0.1) is 6.92 Å². The van der Waals surface area contributed by atoms with Crippen molar-refractivity contribution >= 4 is 17.6 Å². The highest BCUT2D eigenvalue weighted by atomic mass is 35.5. The fraction of sp³-hybridized carbons (Fsp3) is 0.316. The molecule has 0 amide bonds. The number of aryl methyl sites for hydroxylation is 1. The standard InChI is InChI=1S/C19H24ClN3O/c1-3-21-19(22-12-15-6-10-17(20)11-7-15)23-13-18(24)16-8-4-14(2)5-9-16/h4-11,18,24H,3,12-13H2,1-2H3,(H2,21,22,23). The number of benzene rings is 2. The van der Waals surface area contributed by atoms with Gasteiger partial charge in [0.2, 0.25) is 0 Å². The molecule has 1 unspecified atom stereocenters. The number of hydrogen-bond donors (Lipinski definition) is 3. The Bertz CT molecular complexity index is 653. The molecule has 128 valence electrons. The average molecular weight is 346 g/mol. The summed E-state index contributed by atoms with van der Waals surface area (Å²) >= 11 is 5.89. The molecule has 2 rings (SSSR count). The van der Waals surface area contributed by atoms with E-state index in [1.807, 2.05) is 62.4 Å². The van der Waals surface area contributed by atoms with Crippen LogP contribution in [-0.2, 0) is 6.54 Å². The Labute approximate surface area is 148 Å². The molecule has 0 aliphatic rings. The van der Waals surface area contributed by atoms with E-state index in [2.05, 4.69) is 15.6 Å². The van der Waals surface area contributed by atoms with E-state index in [0.29, 0.717) is 24.1 Å². The molecule has 2 aromatic rings. The van der Waals surface area contributed by atoms with Crippen molar-refractivity contribution in [3.05, 3.63) is 70.2 Å². The molecule has 4 nitrogen and oxygen atoms in total. The van der Waals surface area contributed by atoms with E-state index in [4.69, 9.17) is 11.6 Å². The largest absolute Gasteiger partial charge is 0.387 e. The van der Waals surface area contributed by atoms with Crippen molar-refractivity contribution in [2.45, 2.75) is 26.5 Å². The van der Waals surface area contributed by atoms with E-state index < -0.39 is 6.10 Å². The number of hydrogen-bond acceptors (Lipinski definition) is 2. The Kier molecular flexibility index (Phi) is 7.09. The van der Waals surface area contributed by atoms with Gasteiger partial charge in [-0.3, -0.25) is 0 Å². The van der Waals surface area contributed by atoms with Gasteiger partial charge in [0.25, 0.3) is 0 Å². The molecule has 3 N–H and O–H groups in total. The first-order chi connectivity index (χ1) is 11.6. The quantitative estimate of drug-likeness (QED) is 0.555. The zero-order chi connectivity index (χ0) is 17.4. The van der Waals surface area contributed by atoms with Crippen LogP contribution in [0.5, 0.6) is 0 Å². The average Bonchev–Trinajstić information content (AvgIpc) is 2.59. The predicted octanol–water partition coefficient (Wildman–Crippen LogP) is 3.44. The third kappa shape index (κ3) is 5.87. The number of guanidine groups is 1. The summed E-state index contributed by atoms with van der Waals surface area (Å²) in [5, 5.41) is 17.4. The van der Waals surface area contributed by atoms with Gasteiger partial charge in [-0.1, -0.05) is 53.6 Å². The minimum Gasteiger partial charge on any atom is -0.387 e. The van der Waals surface area contributed by atoms with Gasteiger partial charge in [0.1, 0.15) is 0 Å². The van der Waals surface area contributed by atoms with E-state index in [1.54, 1.807) is 0 Å². The molecule has 0 aliphatic heterocycles. The lowest BCUT2D eigenvalue weighted by Gasteiger charge is -2.15. The molecule has 0 saturated heterocycles. The first-order valence-corrected chi connectivity index (χ1v) is 8.47. The fourth-order valence-electron chi connectivity index (χ4n) is 2.20. The maximum Gasteiger partial charge on any atom is 0.191 e. The number of aliphatic imine (C=N–C) groups is 1.